The van der Waals surface area contributed by atoms with E-state index in [4.69, 9.17) is 5.11 Å². The number of hydrogen-bond donors (Lipinski definition) is 2. The summed E-state index contributed by atoms with van der Waals surface area (Å²) in [5.41, 5.74) is 0.396. The van der Waals surface area contributed by atoms with Crippen LogP contribution >= 0.6 is 0 Å². The van der Waals surface area contributed by atoms with Gasteiger partial charge in [-0.2, -0.15) is 0 Å². The van der Waals surface area contributed by atoms with Crippen LogP contribution in [0.15, 0.2) is 24.3 Å². The minimum Gasteiger partial charge on any atom is -0.481 e. The largest absolute Gasteiger partial charge is 0.481 e. The fourth-order valence-corrected chi connectivity index (χ4v) is 1.43. The topological polar surface area (TPSA) is 69.6 Å². The number of carboxylic acids is 1. The zero-order chi connectivity index (χ0) is 14.6. The maximum Gasteiger partial charge on any atom is 0.321 e. The third-order valence-corrected chi connectivity index (χ3v) is 2.99. The molecule has 0 aromatic heterocycles. The molecule has 0 radical (unpaired) electrons. The molecule has 2 unspecified atom stereocenters. The molecule has 104 valence electrons. The molecule has 0 aliphatic carbocycles. The van der Waals surface area contributed by atoms with Crippen LogP contribution in [-0.2, 0) is 4.79 Å². The van der Waals surface area contributed by atoms with Gasteiger partial charge in [0, 0.05) is 18.8 Å². The summed E-state index contributed by atoms with van der Waals surface area (Å²) < 4.78 is 13.1. The van der Waals surface area contributed by atoms with E-state index >= 15 is 0 Å². The van der Waals surface area contributed by atoms with Crippen LogP contribution in [0.2, 0.25) is 0 Å². The number of amides is 2. The van der Waals surface area contributed by atoms with E-state index in [0.717, 1.165) is 0 Å². The van der Waals surface area contributed by atoms with Crippen molar-refractivity contribution in [1.82, 2.24) is 5.32 Å². The minimum absolute atomic E-state index is 0.396. The average molecular weight is 268 g/mol. The van der Waals surface area contributed by atoms with E-state index in [9.17, 15) is 14.0 Å². The van der Waals surface area contributed by atoms with Gasteiger partial charge < -0.3 is 10.4 Å². The highest BCUT2D eigenvalue weighted by Crippen LogP contribution is 2.14. The van der Waals surface area contributed by atoms with Gasteiger partial charge in [0.25, 0.3) is 0 Å². The number of carbonyl (C=O) groups is 2. The number of hydrogen-bond acceptors (Lipinski definition) is 2. The lowest BCUT2D eigenvalue weighted by atomic mass is 10.0. The highest BCUT2D eigenvalue weighted by molar-refractivity contribution is 5.91. The first-order valence-corrected chi connectivity index (χ1v) is 5.85. The van der Waals surface area contributed by atoms with E-state index in [1.807, 2.05) is 0 Å². The van der Waals surface area contributed by atoms with Gasteiger partial charge in [0.2, 0.25) is 0 Å². The van der Waals surface area contributed by atoms with Gasteiger partial charge in [-0.15, -0.1) is 0 Å². The standard InChI is InChI=1S/C13H17FN2O3/c1-8(12(17)18)9(2)15-13(19)16(3)11-6-4-5-10(14)7-11/h4-9H,1-3H3,(H,15,19)(H,17,18). The number of benzene rings is 1. The lowest BCUT2D eigenvalue weighted by Crippen LogP contribution is -2.46. The maximum atomic E-state index is 13.1. The van der Waals surface area contributed by atoms with Crippen molar-refractivity contribution in [3.05, 3.63) is 30.1 Å². The van der Waals surface area contributed by atoms with Crippen molar-refractivity contribution in [3.63, 3.8) is 0 Å². The second kappa shape index (κ2) is 6.17. The van der Waals surface area contributed by atoms with Gasteiger partial charge in [-0.25, -0.2) is 9.18 Å². The minimum atomic E-state index is -0.985. The van der Waals surface area contributed by atoms with Crippen LogP contribution in [0.5, 0.6) is 0 Å². The molecular weight excluding hydrogens is 251 g/mol. The zero-order valence-electron chi connectivity index (χ0n) is 11.1. The molecule has 2 N–H and O–H groups in total. The second-order valence-corrected chi connectivity index (χ2v) is 4.40. The monoisotopic (exact) mass is 268 g/mol. The molecule has 5 nitrogen and oxygen atoms in total. The molecule has 0 saturated carbocycles. The number of nitrogens with one attached hydrogen (secondary N) is 1. The van der Waals surface area contributed by atoms with Crippen molar-refractivity contribution in [2.75, 3.05) is 11.9 Å². The van der Waals surface area contributed by atoms with Crippen LogP contribution in [0.3, 0.4) is 0 Å². The quantitative estimate of drug-likeness (QED) is 0.878. The Morgan fingerprint density at radius 1 is 1.37 bits per heavy atom. The highest BCUT2D eigenvalue weighted by Gasteiger charge is 2.22. The molecule has 2 amide bonds. The normalized spacial score (nSPS) is 13.5. The summed E-state index contributed by atoms with van der Waals surface area (Å²) in [5.74, 6) is -2.13. The van der Waals surface area contributed by atoms with Crippen LogP contribution in [0.1, 0.15) is 13.8 Å². The lowest BCUT2D eigenvalue weighted by molar-refractivity contribution is -0.141. The van der Waals surface area contributed by atoms with Gasteiger partial charge in [0.15, 0.2) is 0 Å². The van der Waals surface area contributed by atoms with Crippen LogP contribution in [0.4, 0.5) is 14.9 Å². The van der Waals surface area contributed by atoms with Crippen molar-refractivity contribution in [3.8, 4) is 0 Å². The summed E-state index contributed by atoms with van der Waals surface area (Å²) in [7, 11) is 1.49. The number of rotatable bonds is 4. The van der Waals surface area contributed by atoms with Crippen LogP contribution in [0, 0.1) is 11.7 Å². The second-order valence-electron chi connectivity index (χ2n) is 4.40. The Morgan fingerprint density at radius 3 is 2.53 bits per heavy atom. The fraction of sp³-hybridized carbons (Fsp3) is 0.385. The number of carboxylic acid groups (broad SMARTS) is 1. The molecule has 1 aromatic rings. The molecule has 0 spiro atoms. The molecule has 0 aliphatic rings. The van der Waals surface area contributed by atoms with Gasteiger partial charge in [-0.3, -0.25) is 9.69 Å². The Morgan fingerprint density at radius 2 is 2.00 bits per heavy atom. The van der Waals surface area contributed by atoms with Crippen molar-refractivity contribution in [1.29, 1.82) is 0 Å². The van der Waals surface area contributed by atoms with Crippen LogP contribution < -0.4 is 10.2 Å². The number of halogens is 1. The van der Waals surface area contributed by atoms with Gasteiger partial charge in [-0.05, 0) is 32.0 Å². The third kappa shape index (κ3) is 3.94. The molecule has 19 heavy (non-hydrogen) atoms. The van der Waals surface area contributed by atoms with Crippen molar-refractivity contribution < 1.29 is 19.1 Å². The fourth-order valence-electron chi connectivity index (χ4n) is 1.43. The molecule has 1 rings (SSSR count). The molecule has 6 heteroatoms. The summed E-state index contributed by atoms with van der Waals surface area (Å²) in [4.78, 5) is 23.9. The van der Waals surface area contributed by atoms with E-state index in [-0.39, 0.29) is 0 Å². The van der Waals surface area contributed by atoms with Crippen molar-refractivity contribution in [2.24, 2.45) is 5.92 Å². The van der Waals surface area contributed by atoms with Gasteiger partial charge >= 0.3 is 12.0 Å². The van der Waals surface area contributed by atoms with Crippen molar-refractivity contribution >= 4 is 17.7 Å². The first kappa shape index (κ1) is 14.9. The molecule has 0 saturated heterocycles. The summed E-state index contributed by atoms with van der Waals surface area (Å²) in [5, 5.41) is 11.4. The molecular formula is C13H17FN2O3. The summed E-state index contributed by atoms with van der Waals surface area (Å²) >= 11 is 0. The Labute approximate surface area is 111 Å². The number of anilines is 1. The Balaban J connectivity index is 2.70. The zero-order valence-corrected chi connectivity index (χ0v) is 11.1. The first-order chi connectivity index (χ1) is 8.82. The first-order valence-electron chi connectivity index (χ1n) is 5.85. The Kier molecular flexibility index (Phi) is 4.86. The Bertz CT molecular complexity index is 479. The smallest absolute Gasteiger partial charge is 0.321 e. The predicted molar refractivity (Wildman–Crippen MR) is 69.6 cm³/mol. The highest BCUT2D eigenvalue weighted by atomic mass is 19.1. The van der Waals surface area contributed by atoms with E-state index in [0.29, 0.717) is 5.69 Å². The van der Waals surface area contributed by atoms with Gasteiger partial charge in [-0.1, -0.05) is 6.07 Å². The Hall–Kier alpha value is -2.11. The summed E-state index contributed by atoms with van der Waals surface area (Å²) in [6.45, 7) is 3.12. The van der Waals surface area contributed by atoms with Crippen LogP contribution in [0.25, 0.3) is 0 Å². The summed E-state index contributed by atoms with van der Waals surface area (Å²) in [6, 6.07) is 4.59. The van der Waals surface area contributed by atoms with E-state index in [1.54, 1.807) is 13.0 Å². The molecule has 0 aliphatic heterocycles. The van der Waals surface area contributed by atoms with Gasteiger partial charge in [0.1, 0.15) is 5.82 Å². The van der Waals surface area contributed by atoms with E-state index in [1.165, 1.54) is 37.1 Å². The van der Waals surface area contributed by atoms with Gasteiger partial charge in [0.05, 0.1) is 5.92 Å². The van der Waals surface area contributed by atoms with E-state index in [2.05, 4.69) is 5.32 Å². The van der Waals surface area contributed by atoms with Crippen LogP contribution in [-0.4, -0.2) is 30.2 Å². The number of nitrogens with zero attached hydrogens (tertiary/aromatic N) is 1. The molecule has 0 bridgehead atoms. The number of carbonyl (C=O) groups excluding carboxylic acids is 1. The predicted octanol–water partition coefficient (Wildman–Crippen LogP) is 2.08. The lowest BCUT2D eigenvalue weighted by Gasteiger charge is -2.23. The number of urea groups is 1. The molecule has 2 atom stereocenters. The van der Waals surface area contributed by atoms with Crippen molar-refractivity contribution in [2.45, 2.75) is 19.9 Å². The summed E-state index contributed by atoms with van der Waals surface area (Å²) in [6.07, 6.45) is 0. The maximum absolute atomic E-state index is 13.1. The third-order valence-electron chi connectivity index (χ3n) is 2.99. The average Bonchev–Trinajstić information content (AvgIpc) is 2.36. The SMILES string of the molecule is CC(NC(=O)N(C)c1cccc(F)c1)C(C)C(=O)O. The number of aliphatic carboxylic acids is 1. The molecule has 0 fully saturated rings. The molecule has 0 heterocycles. The van der Waals surface area contributed by atoms with E-state index < -0.39 is 29.8 Å². The molecule has 1 aromatic carbocycles.